The van der Waals surface area contributed by atoms with Crippen LogP contribution >= 0.6 is 0 Å². The summed E-state index contributed by atoms with van der Waals surface area (Å²) in [5.41, 5.74) is 10.6. The Labute approximate surface area is 103 Å². The van der Waals surface area contributed by atoms with Crippen LogP contribution in [0.1, 0.15) is 46.5 Å². The summed E-state index contributed by atoms with van der Waals surface area (Å²) in [7, 11) is 0. The zero-order valence-electron chi connectivity index (χ0n) is 11.1. The Kier molecular flexibility index (Phi) is 4.77. The third-order valence-corrected chi connectivity index (χ3v) is 3.33. The van der Waals surface area contributed by atoms with E-state index in [1.54, 1.807) is 5.06 Å². The lowest BCUT2D eigenvalue weighted by Gasteiger charge is -2.41. The Bertz CT molecular complexity index is 255. The van der Waals surface area contributed by atoms with Crippen LogP contribution in [0.15, 0.2) is 0 Å². The fourth-order valence-corrected chi connectivity index (χ4v) is 2.47. The van der Waals surface area contributed by atoms with Gasteiger partial charge in [-0.25, -0.2) is 4.79 Å². The van der Waals surface area contributed by atoms with Gasteiger partial charge in [0.15, 0.2) is 0 Å². The molecule has 0 spiro atoms. The van der Waals surface area contributed by atoms with Crippen molar-refractivity contribution in [3.63, 3.8) is 0 Å². The molecule has 0 aliphatic heterocycles. The molecule has 0 radical (unpaired) electrons. The molecule has 0 saturated heterocycles. The number of carbonyl (C=O) groups excluding carboxylic acids is 1. The van der Waals surface area contributed by atoms with E-state index in [4.69, 9.17) is 16.3 Å². The van der Waals surface area contributed by atoms with Gasteiger partial charge in [-0.1, -0.05) is 0 Å². The van der Waals surface area contributed by atoms with E-state index in [9.17, 15) is 4.79 Å². The van der Waals surface area contributed by atoms with E-state index in [-0.39, 0.29) is 11.6 Å². The first-order valence-corrected chi connectivity index (χ1v) is 6.31. The van der Waals surface area contributed by atoms with Crippen molar-refractivity contribution in [2.75, 3.05) is 6.54 Å². The highest BCUT2D eigenvalue weighted by Crippen LogP contribution is 2.31. The SMILES string of the molecule is CC(C)(C)N(OC(N)=O)C1CCC(CN)CC1. The number of hydrogen-bond donors (Lipinski definition) is 2. The zero-order chi connectivity index (χ0) is 13.1. The van der Waals surface area contributed by atoms with E-state index in [0.29, 0.717) is 5.92 Å². The van der Waals surface area contributed by atoms with Crippen LogP contribution in [0.2, 0.25) is 0 Å². The molecule has 5 nitrogen and oxygen atoms in total. The Morgan fingerprint density at radius 2 is 1.82 bits per heavy atom. The molecule has 0 bridgehead atoms. The topological polar surface area (TPSA) is 81.6 Å². The molecule has 100 valence electrons. The fraction of sp³-hybridized carbons (Fsp3) is 0.917. The highest BCUT2D eigenvalue weighted by molar-refractivity contribution is 5.64. The van der Waals surface area contributed by atoms with E-state index >= 15 is 0 Å². The number of hydrogen-bond acceptors (Lipinski definition) is 4. The smallest absolute Gasteiger partial charge is 0.350 e. The van der Waals surface area contributed by atoms with Crippen LogP contribution in [0.25, 0.3) is 0 Å². The van der Waals surface area contributed by atoms with Crippen LogP contribution in [0.4, 0.5) is 4.79 Å². The summed E-state index contributed by atoms with van der Waals surface area (Å²) in [6, 6.07) is 0.255. The molecule has 4 N–H and O–H groups in total. The molecule has 1 aliphatic rings. The van der Waals surface area contributed by atoms with Gasteiger partial charge >= 0.3 is 6.09 Å². The molecule has 1 amide bonds. The fourth-order valence-electron chi connectivity index (χ4n) is 2.47. The number of primary amides is 1. The van der Waals surface area contributed by atoms with Crippen molar-refractivity contribution in [2.24, 2.45) is 17.4 Å². The molecule has 1 fully saturated rings. The lowest BCUT2D eigenvalue weighted by atomic mass is 9.85. The maximum atomic E-state index is 11.0. The highest BCUT2D eigenvalue weighted by atomic mass is 16.7. The van der Waals surface area contributed by atoms with Crippen molar-refractivity contribution >= 4 is 6.09 Å². The zero-order valence-corrected chi connectivity index (χ0v) is 11.1. The van der Waals surface area contributed by atoms with Gasteiger partial charge in [-0.3, -0.25) is 0 Å². The second-order valence-corrected chi connectivity index (χ2v) is 5.82. The van der Waals surface area contributed by atoms with Crippen LogP contribution in [0, 0.1) is 5.92 Å². The molecule has 0 aromatic rings. The van der Waals surface area contributed by atoms with Crippen LogP contribution in [0.5, 0.6) is 0 Å². The Hall–Kier alpha value is -0.810. The largest absolute Gasteiger partial charge is 0.423 e. The number of amides is 1. The molecule has 1 rings (SSSR count). The highest BCUT2D eigenvalue weighted by Gasteiger charge is 2.34. The summed E-state index contributed by atoms with van der Waals surface area (Å²) >= 11 is 0. The minimum Gasteiger partial charge on any atom is -0.350 e. The number of hydroxylamine groups is 2. The minimum atomic E-state index is -0.735. The van der Waals surface area contributed by atoms with E-state index in [1.807, 2.05) is 20.8 Å². The maximum absolute atomic E-state index is 11.0. The van der Waals surface area contributed by atoms with Gasteiger partial charge in [-0.05, 0) is 58.9 Å². The van der Waals surface area contributed by atoms with Crippen molar-refractivity contribution in [1.82, 2.24) is 5.06 Å². The lowest BCUT2D eigenvalue weighted by Crippen LogP contribution is -2.51. The van der Waals surface area contributed by atoms with Crippen molar-refractivity contribution in [3.05, 3.63) is 0 Å². The van der Waals surface area contributed by atoms with E-state index in [1.165, 1.54) is 0 Å². The van der Waals surface area contributed by atoms with Gasteiger partial charge < -0.3 is 16.3 Å². The summed E-state index contributed by atoms with van der Waals surface area (Å²) in [4.78, 5) is 16.1. The van der Waals surface area contributed by atoms with Crippen LogP contribution in [-0.4, -0.2) is 29.3 Å². The molecular formula is C12H25N3O2. The molecule has 5 heteroatoms. The standard InChI is InChI=1S/C12H25N3O2/c1-12(2,3)15(17-11(14)16)10-6-4-9(8-13)5-7-10/h9-10H,4-8,13H2,1-3H3,(H2,14,16). The van der Waals surface area contributed by atoms with Crippen LogP contribution in [0.3, 0.4) is 0 Å². The molecule has 0 aromatic carbocycles. The molecule has 1 aliphatic carbocycles. The summed E-state index contributed by atoms with van der Waals surface area (Å²) in [5, 5.41) is 1.75. The van der Waals surface area contributed by atoms with Gasteiger partial charge in [-0.2, -0.15) is 0 Å². The molecule has 1 saturated carbocycles. The van der Waals surface area contributed by atoms with E-state index < -0.39 is 6.09 Å². The number of nitrogens with zero attached hydrogens (tertiary/aromatic N) is 1. The van der Waals surface area contributed by atoms with Crippen LogP contribution in [-0.2, 0) is 4.84 Å². The van der Waals surface area contributed by atoms with Crippen molar-refractivity contribution in [1.29, 1.82) is 0 Å². The predicted octanol–water partition coefficient (Wildman–Crippen LogP) is 1.61. The quantitative estimate of drug-likeness (QED) is 0.738. The van der Waals surface area contributed by atoms with Gasteiger partial charge in [0, 0.05) is 11.6 Å². The second-order valence-electron chi connectivity index (χ2n) is 5.82. The molecule has 0 heterocycles. The summed E-state index contributed by atoms with van der Waals surface area (Å²) < 4.78 is 0. The molecule has 0 aromatic heterocycles. The number of carbonyl (C=O) groups is 1. The minimum absolute atomic E-state index is 0.227. The average molecular weight is 243 g/mol. The first-order valence-electron chi connectivity index (χ1n) is 6.31. The molecular weight excluding hydrogens is 218 g/mol. The number of rotatable bonds is 3. The summed E-state index contributed by atoms with van der Waals surface area (Å²) in [6.07, 6.45) is 3.46. The number of nitrogens with two attached hydrogens (primary N) is 2. The van der Waals surface area contributed by atoms with Gasteiger partial charge in [0.2, 0.25) is 0 Å². The van der Waals surface area contributed by atoms with Crippen molar-refractivity contribution in [3.8, 4) is 0 Å². The molecule has 0 atom stereocenters. The first kappa shape index (κ1) is 14.3. The summed E-state index contributed by atoms with van der Waals surface area (Å²) in [5.74, 6) is 0.613. The first-order chi connectivity index (χ1) is 7.84. The lowest BCUT2D eigenvalue weighted by molar-refractivity contribution is -0.192. The van der Waals surface area contributed by atoms with Gasteiger partial charge in [0.05, 0.1) is 0 Å². The van der Waals surface area contributed by atoms with Gasteiger partial charge in [-0.15, -0.1) is 5.06 Å². The normalized spacial score (nSPS) is 25.9. The van der Waals surface area contributed by atoms with Crippen LogP contribution < -0.4 is 11.5 Å². The predicted molar refractivity (Wildman–Crippen MR) is 67.1 cm³/mol. The Morgan fingerprint density at radius 3 is 2.18 bits per heavy atom. The summed E-state index contributed by atoms with van der Waals surface area (Å²) in [6.45, 7) is 6.81. The maximum Gasteiger partial charge on any atom is 0.423 e. The Morgan fingerprint density at radius 1 is 1.29 bits per heavy atom. The van der Waals surface area contributed by atoms with E-state index in [2.05, 4.69) is 0 Å². The average Bonchev–Trinajstić information content (AvgIpc) is 2.24. The monoisotopic (exact) mass is 243 g/mol. The van der Waals surface area contributed by atoms with Gasteiger partial charge in [0.25, 0.3) is 0 Å². The third kappa shape index (κ3) is 4.16. The molecule has 0 unspecified atom stereocenters. The molecule has 17 heavy (non-hydrogen) atoms. The Balaban J connectivity index is 2.62. The second kappa shape index (κ2) is 5.69. The van der Waals surface area contributed by atoms with Gasteiger partial charge in [0.1, 0.15) is 0 Å². The third-order valence-electron chi connectivity index (χ3n) is 3.33. The van der Waals surface area contributed by atoms with Crippen molar-refractivity contribution in [2.45, 2.75) is 58.0 Å². The van der Waals surface area contributed by atoms with Crippen molar-refractivity contribution < 1.29 is 9.63 Å². The van der Waals surface area contributed by atoms with E-state index in [0.717, 1.165) is 32.2 Å².